The maximum atomic E-state index is 13.9. The highest BCUT2D eigenvalue weighted by atomic mass is 19.1. The summed E-state index contributed by atoms with van der Waals surface area (Å²) in [4.78, 5) is 14.6. The summed E-state index contributed by atoms with van der Waals surface area (Å²) in [5.41, 5.74) is 7.43. The molecule has 1 aromatic heterocycles. The molecule has 170 valence electrons. The van der Waals surface area contributed by atoms with Gasteiger partial charge in [0.05, 0.1) is 19.4 Å². The van der Waals surface area contributed by atoms with Crippen LogP contribution in [0.5, 0.6) is 11.6 Å². The molecule has 0 radical (unpaired) electrons. The molecule has 8 heteroatoms. The number of hydrogen-bond donors (Lipinski definition) is 4. The van der Waals surface area contributed by atoms with Gasteiger partial charge in [-0.15, -0.1) is 0 Å². The second kappa shape index (κ2) is 10.5. The van der Waals surface area contributed by atoms with Crippen molar-refractivity contribution in [3.05, 3.63) is 46.5 Å². The number of pyridine rings is 1. The summed E-state index contributed by atoms with van der Waals surface area (Å²) >= 11 is 0. The van der Waals surface area contributed by atoms with Crippen LogP contribution in [-0.2, 0) is 0 Å². The van der Waals surface area contributed by atoms with Crippen molar-refractivity contribution >= 4 is 11.4 Å². The molecule has 1 aliphatic rings. The van der Waals surface area contributed by atoms with E-state index in [1.54, 1.807) is 24.3 Å². The molecule has 0 aliphatic heterocycles. The summed E-state index contributed by atoms with van der Waals surface area (Å²) < 4.78 is 24.5. The summed E-state index contributed by atoms with van der Waals surface area (Å²) in [6.45, 7) is 5.50. The lowest BCUT2D eigenvalue weighted by Crippen LogP contribution is -2.43. The molecule has 31 heavy (non-hydrogen) atoms. The minimum absolute atomic E-state index is 0.166. The zero-order valence-corrected chi connectivity index (χ0v) is 18.5. The number of aromatic amines is 1. The lowest BCUT2D eigenvalue weighted by atomic mass is 9.98. The quantitative estimate of drug-likeness (QED) is 0.279. The Labute approximate surface area is 182 Å². The molecule has 0 saturated heterocycles. The van der Waals surface area contributed by atoms with E-state index in [4.69, 9.17) is 9.47 Å². The van der Waals surface area contributed by atoms with E-state index in [-0.39, 0.29) is 22.7 Å². The third kappa shape index (κ3) is 7.47. The number of unbranched alkanes of at least 4 members (excludes halogenated alkanes) is 1. The van der Waals surface area contributed by atoms with Gasteiger partial charge in [-0.3, -0.25) is 9.78 Å². The molecule has 3 rings (SSSR count). The van der Waals surface area contributed by atoms with Gasteiger partial charge in [-0.05, 0) is 70.1 Å². The predicted molar refractivity (Wildman–Crippen MR) is 121 cm³/mol. The van der Waals surface area contributed by atoms with Crippen LogP contribution in [0.2, 0.25) is 0 Å². The molecule has 0 bridgehead atoms. The van der Waals surface area contributed by atoms with Crippen molar-refractivity contribution in [1.82, 2.24) is 10.4 Å². The Morgan fingerprint density at radius 3 is 2.71 bits per heavy atom. The second-order valence-corrected chi connectivity index (χ2v) is 8.69. The number of rotatable bonds is 13. The van der Waals surface area contributed by atoms with Crippen LogP contribution >= 0.6 is 0 Å². The van der Waals surface area contributed by atoms with Gasteiger partial charge in [-0.25, -0.2) is 9.82 Å². The van der Waals surface area contributed by atoms with Crippen molar-refractivity contribution in [1.29, 1.82) is 0 Å². The van der Waals surface area contributed by atoms with Crippen LogP contribution in [-0.4, -0.2) is 30.8 Å². The van der Waals surface area contributed by atoms with E-state index < -0.39 is 0 Å². The highest BCUT2D eigenvalue weighted by Crippen LogP contribution is 2.31. The minimum Gasteiger partial charge on any atom is -0.490 e. The highest BCUT2D eigenvalue weighted by Gasteiger charge is 2.22. The lowest BCUT2D eigenvalue weighted by molar-refractivity contribution is 0.285. The van der Waals surface area contributed by atoms with E-state index in [1.165, 1.54) is 26.0 Å². The maximum Gasteiger partial charge on any atom is 0.274 e. The van der Waals surface area contributed by atoms with Crippen LogP contribution < -0.4 is 31.2 Å². The minimum atomic E-state index is -0.339. The topological polar surface area (TPSA) is 87.4 Å². The van der Waals surface area contributed by atoms with Gasteiger partial charge in [0.2, 0.25) is 0 Å². The fraction of sp³-hybridized carbons (Fsp3) is 0.522. The molecule has 1 aliphatic carbocycles. The molecule has 1 saturated carbocycles. The average molecular weight is 433 g/mol. The van der Waals surface area contributed by atoms with Crippen LogP contribution in [0.3, 0.4) is 0 Å². The van der Waals surface area contributed by atoms with Crippen LogP contribution in [0.15, 0.2) is 35.1 Å². The van der Waals surface area contributed by atoms with Gasteiger partial charge in [0.1, 0.15) is 5.69 Å². The van der Waals surface area contributed by atoms with Crippen molar-refractivity contribution in [2.45, 2.75) is 51.5 Å². The summed E-state index contributed by atoms with van der Waals surface area (Å²) in [5, 5.41) is 3.16. The standard InChI is InChI=1S/C23H33FN4O3/c1-23(2,12-4-5-13-25-19-10-11-21(30-3)26-22(19)29)28-27-17-8-9-18(24)20(14-17)31-15-16-6-7-16/h8-11,14,16,25,27-28H,4-7,12-13,15H2,1-3H3,(H,26,29). The number of H-pyrrole nitrogens is 1. The summed E-state index contributed by atoms with van der Waals surface area (Å²) in [5.74, 6) is 0.967. The van der Waals surface area contributed by atoms with Gasteiger partial charge in [-0.1, -0.05) is 0 Å². The third-order valence-corrected chi connectivity index (χ3v) is 5.29. The van der Waals surface area contributed by atoms with Gasteiger partial charge < -0.3 is 20.2 Å². The summed E-state index contributed by atoms with van der Waals surface area (Å²) in [6, 6.07) is 8.25. The monoisotopic (exact) mass is 432 g/mol. The number of anilines is 2. The molecule has 1 heterocycles. The van der Waals surface area contributed by atoms with Crippen LogP contribution in [0.1, 0.15) is 46.0 Å². The molecule has 2 aromatic rings. The lowest BCUT2D eigenvalue weighted by Gasteiger charge is -2.27. The largest absolute Gasteiger partial charge is 0.490 e. The highest BCUT2D eigenvalue weighted by molar-refractivity contribution is 5.48. The first-order valence-electron chi connectivity index (χ1n) is 10.8. The van der Waals surface area contributed by atoms with E-state index in [2.05, 4.69) is 35.0 Å². The van der Waals surface area contributed by atoms with Crippen LogP contribution in [0.25, 0.3) is 0 Å². The van der Waals surface area contributed by atoms with Crippen molar-refractivity contribution in [2.75, 3.05) is 31.0 Å². The first-order valence-corrected chi connectivity index (χ1v) is 10.8. The molecule has 7 nitrogen and oxygen atoms in total. The Bertz CT molecular complexity index is 912. The van der Waals surface area contributed by atoms with Crippen molar-refractivity contribution in [3.8, 4) is 11.6 Å². The number of aromatic nitrogens is 1. The molecule has 4 N–H and O–H groups in total. The first kappa shape index (κ1) is 22.9. The molecular weight excluding hydrogens is 399 g/mol. The van der Waals surface area contributed by atoms with E-state index in [0.717, 1.165) is 24.9 Å². The Kier molecular flexibility index (Phi) is 7.79. The fourth-order valence-electron chi connectivity index (χ4n) is 3.12. The SMILES string of the molecule is COc1ccc(NCCCCC(C)(C)NNc2ccc(F)c(OCC3CC3)c2)c(=O)[nH]1. The normalized spacial score (nSPS) is 13.7. The Morgan fingerprint density at radius 1 is 1.19 bits per heavy atom. The predicted octanol–water partition coefficient (Wildman–Crippen LogP) is 4.29. The number of methoxy groups -OCH3 is 1. The molecule has 1 fully saturated rings. The van der Waals surface area contributed by atoms with E-state index >= 15 is 0 Å². The van der Waals surface area contributed by atoms with E-state index in [1.807, 2.05) is 0 Å². The number of hydrogen-bond acceptors (Lipinski definition) is 6. The molecule has 0 amide bonds. The number of nitrogens with one attached hydrogen (secondary N) is 4. The number of halogens is 1. The second-order valence-electron chi connectivity index (χ2n) is 8.69. The smallest absolute Gasteiger partial charge is 0.274 e. The third-order valence-electron chi connectivity index (χ3n) is 5.29. The molecule has 0 atom stereocenters. The van der Waals surface area contributed by atoms with E-state index in [0.29, 0.717) is 30.6 Å². The van der Waals surface area contributed by atoms with Crippen LogP contribution in [0, 0.1) is 11.7 Å². The summed E-state index contributed by atoms with van der Waals surface area (Å²) in [7, 11) is 1.51. The zero-order chi connectivity index (χ0) is 22.3. The van der Waals surface area contributed by atoms with Crippen molar-refractivity contribution in [2.24, 2.45) is 5.92 Å². The molecule has 0 unspecified atom stereocenters. The zero-order valence-electron chi connectivity index (χ0n) is 18.5. The van der Waals surface area contributed by atoms with Gasteiger partial charge in [-0.2, -0.15) is 0 Å². The molecule has 0 spiro atoms. The molecular formula is C23H33FN4O3. The first-order chi connectivity index (χ1) is 14.9. The van der Waals surface area contributed by atoms with Gasteiger partial charge in [0.15, 0.2) is 17.4 Å². The number of ether oxygens (including phenoxy) is 2. The Balaban J connectivity index is 1.38. The van der Waals surface area contributed by atoms with Gasteiger partial charge >= 0.3 is 0 Å². The van der Waals surface area contributed by atoms with Gasteiger partial charge in [0.25, 0.3) is 5.56 Å². The Morgan fingerprint density at radius 2 is 2.00 bits per heavy atom. The fourth-order valence-corrected chi connectivity index (χ4v) is 3.12. The Hall–Kier alpha value is -2.74. The summed E-state index contributed by atoms with van der Waals surface area (Å²) in [6.07, 6.45) is 5.16. The molecule has 1 aromatic carbocycles. The number of hydrazine groups is 1. The average Bonchev–Trinajstić information content (AvgIpc) is 3.57. The van der Waals surface area contributed by atoms with Crippen molar-refractivity contribution in [3.63, 3.8) is 0 Å². The van der Waals surface area contributed by atoms with Crippen LogP contribution in [0.4, 0.5) is 15.8 Å². The van der Waals surface area contributed by atoms with Crippen molar-refractivity contribution < 1.29 is 13.9 Å². The van der Waals surface area contributed by atoms with Gasteiger partial charge in [0, 0.05) is 24.2 Å². The maximum absolute atomic E-state index is 13.9. The number of benzene rings is 1. The van der Waals surface area contributed by atoms with E-state index in [9.17, 15) is 9.18 Å².